The zero-order chi connectivity index (χ0) is 14.3. The molecule has 0 fully saturated rings. The van der Waals surface area contributed by atoms with Crippen LogP contribution in [0.5, 0.6) is 0 Å². The van der Waals surface area contributed by atoms with Gasteiger partial charge >= 0.3 is 0 Å². The van der Waals surface area contributed by atoms with E-state index in [1.165, 1.54) is 6.07 Å². The van der Waals surface area contributed by atoms with E-state index in [-0.39, 0.29) is 0 Å². The van der Waals surface area contributed by atoms with E-state index >= 15 is 0 Å². The lowest BCUT2D eigenvalue weighted by molar-refractivity contribution is 0.508. The van der Waals surface area contributed by atoms with Crippen molar-refractivity contribution in [3.63, 3.8) is 0 Å². The highest BCUT2D eigenvalue weighted by atomic mass is 32.1. The van der Waals surface area contributed by atoms with Crippen LogP contribution in [0.15, 0.2) is 36.4 Å². The van der Waals surface area contributed by atoms with Crippen molar-refractivity contribution in [2.75, 3.05) is 0 Å². The number of rotatable bonds is 1. The molecule has 3 rings (SSSR count). The SMILES string of the molecule is N#Cc1ccc2[nH]c(=S)n(-c3ccc(F)c(F)c3)c2c1. The Morgan fingerprint density at radius 1 is 1.10 bits per heavy atom. The van der Waals surface area contributed by atoms with Crippen molar-refractivity contribution >= 4 is 23.3 Å². The second-order valence-electron chi connectivity index (χ2n) is 4.21. The Labute approximate surface area is 117 Å². The molecule has 0 saturated heterocycles. The number of fused-ring (bicyclic) bond motifs is 1. The molecule has 0 bridgehead atoms. The summed E-state index contributed by atoms with van der Waals surface area (Å²) >= 11 is 5.20. The van der Waals surface area contributed by atoms with E-state index in [0.29, 0.717) is 21.5 Å². The predicted molar refractivity (Wildman–Crippen MR) is 73.1 cm³/mol. The summed E-state index contributed by atoms with van der Waals surface area (Å²) in [6.45, 7) is 0. The van der Waals surface area contributed by atoms with Crippen molar-refractivity contribution in [2.45, 2.75) is 0 Å². The molecule has 0 aliphatic rings. The van der Waals surface area contributed by atoms with E-state index in [9.17, 15) is 8.78 Å². The van der Waals surface area contributed by atoms with Gasteiger partial charge in [-0.25, -0.2) is 8.78 Å². The number of benzene rings is 2. The number of nitriles is 1. The van der Waals surface area contributed by atoms with E-state index in [2.05, 4.69) is 4.98 Å². The summed E-state index contributed by atoms with van der Waals surface area (Å²) in [5, 5.41) is 8.94. The summed E-state index contributed by atoms with van der Waals surface area (Å²) in [7, 11) is 0. The molecular weight excluding hydrogens is 280 g/mol. The van der Waals surface area contributed by atoms with Gasteiger partial charge in [0.15, 0.2) is 16.4 Å². The molecule has 0 aliphatic heterocycles. The molecular formula is C14H7F2N3S. The molecule has 0 spiro atoms. The van der Waals surface area contributed by atoms with Gasteiger partial charge in [-0.05, 0) is 42.5 Å². The standard InChI is InChI=1S/C14H7F2N3S/c15-10-3-2-9(6-11(10)16)19-13-5-8(7-17)1-4-12(13)18-14(19)20/h1-6H,(H,18,20). The van der Waals surface area contributed by atoms with Gasteiger partial charge in [0.1, 0.15) is 0 Å². The lowest BCUT2D eigenvalue weighted by atomic mass is 10.2. The minimum Gasteiger partial charge on any atom is -0.330 e. The van der Waals surface area contributed by atoms with Gasteiger partial charge in [-0.15, -0.1) is 0 Å². The first-order valence-corrected chi connectivity index (χ1v) is 6.11. The number of hydrogen-bond donors (Lipinski definition) is 1. The molecule has 0 amide bonds. The highest BCUT2D eigenvalue weighted by Crippen LogP contribution is 2.22. The third-order valence-corrected chi connectivity index (χ3v) is 3.26. The summed E-state index contributed by atoms with van der Waals surface area (Å²) < 4.78 is 28.3. The van der Waals surface area contributed by atoms with E-state index in [4.69, 9.17) is 17.5 Å². The summed E-state index contributed by atoms with van der Waals surface area (Å²) in [5.74, 6) is -1.87. The van der Waals surface area contributed by atoms with Crippen LogP contribution < -0.4 is 0 Å². The number of aromatic nitrogens is 2. The monoisotopic (exact) mass is 287 g/mol. The van der Waals surface area contributed by atoms with E-state index in [1.807, 2.05) is 6.07 Å². The van der Waals surface area contributed by atoms with Gasteiger partial charge < -0.3 is 4.98 Å². The second kappa shape index (κ2) is 4.54. The Bertz CT molecular complexity index is 918. The third-order valence-electron chi connectivity index (χ3n) is 2.97. The Morgan fingerprint density at radius 2 is 1.90 bits per heavy atom. The van der Waals surface area contributed by atoms with Crippen molar-refractivity contribution in [1.82, 2.24) is 9.55 Å². The van der Waals surface area contributed by atoms with Gasteiger partial charge in [-0.3, -0.25) is 4.57 Å². The quantitative estimate of drug-likeness (QED) is 0.691. The summed E-state index contributed by atoms with van der Waals surface area (Å²) in [4.78, 5) is 2.96. The van der Waals surface area contributed by atoms with Crippen LogP contribution in [0.4, 0.5) is 8.78 Å². The van der Waals surface area contributed by atoms with E-state index in [1.54, 1.807) is 22.8 Å². The molecule has 2 aromatic carbocycles. The number of H-pyrrole nitrogens is 1. The molecule has 3 aromatic rings. The topological polar surface area (TPSA) is 44.5 Å². The highest BCUT2D eigenvalue weighted by Gasteiger charge is 2.10. The van der Waals surface area contributed by atoms with Crippen molar-refractivity contribution in [3.05, 3.63) is 58.4 Å². The van der Waals surface area contributed by atoms with Crippen molar-refractivity contribution in [3.8, 4) is 11.8 Å². The van der Waals surface area contributed by atoms with Crippen LogP contribution in [0.25, 0.3) is 16.7 Å². The van der Waals surface area contributed by atoms with Crippen LogP contribution >= 0.6 is 12.2 Å². The molecule has 20 heavy (non-hydrogen) atoms. The first-order valence-electron chi connectivity index (χ1n) is 5.70. The van der Waals surface area contributed by atoms with Crippen molar-refractivity contribution in [1.29, 1.82) is 5.26 Å². The van der Waals surface area contributed by atoms with Gasteiger partial charge in [-0.2, -0.15) is 5.26 Å². The fraction of sp³-hybridized carbons (Fsp3) is 0. The first-order chi connectivity index (χ1) is 9.60. The van der Waals surface area contributed by atoms with E-state index < -0.39 is 11.6 Å². The number of aromatic amines is 1. The zero-order valence-corrected chi connectivity index (χ0v) is 10.8. The molecule has 0 unspecified atom stereocenters. The van der Waals surface area contributed by atoms with Crippen LogP contribution in [0.1, 0.15) is 5.56 Å². The van der Waals surface area contributed by atoms with Crippen molar-refractivity contribution < 1.29 is 8.78 Å². The molecule has 0 atom stereocenters. The van der Waals surface area contributed by atoms with Crippen LogP contribution in [0, 0.1) is 27.7 Å². The maximum atomic E-state index is 13.4. The van der Waals surface area contributed by atoms with Crippen LogP contribution in [0.2, 0.25) is 0 Å². The van der Waals surface area contributed by atoms with E-state index in [0.717, 1.165) is 17.6 Å². The molecule has 0 saturated carbocycles. The zero-order valence-electron chi connectivity index (χ0n) is 10.0. The summed E-state index contributed by atoms with van der Waals surface area (Å²) in [6.07, 6.45) is 0. The maximum absolute atomic E-state index is 13.4. The molecule has 1 aromatic heterocycles. The molecule has 0 radical (unpaired) electrons. The first kappa shape index (κ1) is 12.5. The molecule has 98 valence electrons. The van der Waals surface area contributed by atoms with Gasteiger partial charge in [-0.1, -0.05) is 0 Å². The highest BCUT2D eigenvalue weighted by molar-refractivity contribution is 7.71. The van der Waals surface area contributed by atoms with Crippen LogP contribution in [-0.2, 0) is 0 Å². The Kier molecular flexibility index (Phi) is 2.84. The lowest BCUT2D eigenvalue weighted by Crippen LogP contribution is -1.96. The molecule has 1 N–H and O–H groups in total. The summed E-state index contributed by atoms with van der Waals surface area (Å²) in [6, 6.07) is 10.6. The minimum atomic E-state index is -0.949. The number of nitrogens with zero attached hydrogens (tertiary/aromatic N) is 2. The Balaban J connectivity index is 2.35. The number of nitrogens with one attached hydrogen (secondary N) is 1. The van der Waals surface area contributed by atoms with Gasteiger partial charge in [0.05, 0.1) is 28.4 Å². The smallest absolute Gasteiger partial charge is 0.182 e. The molecule has 0 aliphatic carbocycles. The largest absolute Gasteiger partial charge is 0.330 e. The molecule has 6 heteroatoms. The second-order valence-corrected chi connectivity index (χ2v) is 4.59. The lowest BCUT2D eigenvalue weighted by Gasteiger charge is -2.05. The number of hydrogen-bond acceptors (Lipinski definition) is 2. The van der Waals surface area contributed by atoms with Crippen LogP contribution in [0.3, 0.4) is 0 Å². The van der Waals surface area contributed by atoms with Gasteiger partial charge in [0.25, 0.3) is 0 Å². The number of imidazole rings is 1. The van der Waals surface area contributed by atoms with Crippen LogP contribution in [-0.4, -0.2) is 9.55 Å². The van der Waals surface area contributed by atoms with Gasteiger partial charge in [0, 0.05) is 6.07 Å². The fourth-order valence-electron chi connectivity index (χ4n) is 2.05. The molecule has 3 nitrogen and oxygen atoms in total. The Morgan fingerprint density at radius 3 is 2.60 bits per heavy atom. The average molecular weight is 287 g/mol. The number of halogens is 2. The predicted octanol–water partition coefficient (Wildman–Crippen LogP) is 3.84. The van der Waals surface area contributed by atoms with Crippen molar-refractivity contribution in [2.24, 2.45) is 0 Å². The normalized spacial score (nSPS) is 10.7. The fourth-order valence-corrected chi connectivity index (χ4v) is 2.37. The third kappa shape index (κ3) is 1.89. The average Bonchev–Trinajstić information content (AvgIpc) is 2.77. The minimum absolute atomic E-state index is 0.348. The Hall–Kier alpha value is -2.52. The maximum Gasteiger partial charge on any atom is 0.182 e. The van der Waals surface area contributed by atoms with Gasteiger partial charge in [0.2, 0.25) is 0 Å². The summed E-state index contributed by atoms with van der Waals surface area (Å²) in [5.41, 5.74) is 2.22. The molecule has 1 heterocycles.